The molecule has 2 aliphatic rings. The van der Waals surface area contributed by atoms with E-state index < -0.39 is 5.41 Å². The van der Waals surface area contributed by atoms with Crippen LogP contribution in [-0.2, 0) is 9.59 Å². The van der Waals surface area contributed by atoms with Crippen molar-refractivity contribution in [3.8, 4) is 0 Å². The lowest BCUT2D eigenvalue weighted by atomic mass is 10.0. The molecule has 0 atom stereocenters. The number of anilines is 1. The van der Waals surface area contributed by atoms with Gasteiger partial charge in [-0.15, -0.1) is 0 Å². The van der Waals surface area contributed by atoms with Crippen LogP contribution in [0.25, 0.3) is 0 Å². The molecule has 1 aliphatic carbocycles. The first-order valence-electron chi connectivity index (χ1n) is 9.00. The number of piperazine rings is 1. The Kier molecular flexibility index (Phi) is 4.97. The van der Waals surface area contributed by atoms with Crippen molar-refractivity contribution in [3.63, 3.8) is 0 Å². The Morgan fingerprint density at radius 3 is 2.24 bits per heavy atom. The summed E-state index contributed by atoms with van der Waals surface area (Å²) in [7, 11) is 0. The van der Waals surface area contributed by atoms with Gasteiger partial charge in [0, 0.05) is 38.4 Å². The molecule has 0 radical (unpaired) electrons. The van der Waals surface area contributed by atoms with Gasteiger partial charge in [-0.05, 0) is 43.0 Å². The second kappa shape index (κ2) is 7.02. The predicted octanol–water partition coefficient (Wildman–Crippen LogP) is 2.03. The molecule has 3 rings (SSSR count). The number of carbonyl (C=O) groups is 2. The Bertz CT molecular complexity index is 633. The van der Waals surface area contributed by atoms with Gasteiger partial charge in [0.1, 0.15) is 11.2 Å². The average Bonchev–Trinajstić information content (AvgIpc) is 3.42. The Morgan fingerprint density at radius 1 is 1.12 bits per heavy atom. The zero-order valence-electron chi connectivity index (χ0n) is 14.9. The minimum absolute atomic E-state index is 0.0347. The Balaban J connectivity index is 1.56. The van der Waals surface area contributed by atoms with E-state index in [1.54, 1.807) is 12.1 Å². The van der Waals surface area contributed by atoms with E-state index in [0.29, 0.717) is 51.5 Å². The minimum atomic E-state index is -0.826. The van der Waals surface area contributed by atoms with Gasteiger partial charge < -0.3 is 15.1 Å². The fourth-order valence-electron chi connectivity index (χ4n) is 3.25. The molecule has 136 valence electrons. The minimum Gasteiger partial charge on any atom is -0.368 e. The fraction of sp³-hybridized carbons (Fsp3) is 0.579. The van der Waals surface area contributed by atoms with E-state index >= 15 is 0 Å². The van der Waals surface area contributed by atoms with Crippen LogP contribution in [0.4, 0.5) is 10.1 Å². The summed E-state index contributed by atoms with van der Waals surface area (Å²) in [6.45, 7) is 7.26. The van der Waals surface area contributed by atoms with Gasteiger partial charge in [-0.2, -0.15) is 0 Å². The van der Waals surface area contributed by atoms with Gasteiger partial charge in [-0.25, -0.2) is 4.39 Å². The summed E-state index contributed by atoms with van der Waals surface area (Å²) in [6, 6.07) is 6.42. The van der Waals surface area contributed by atoms with Crippen LogP contribution in [0.3, 0.4) is 0 Å². The van der Waals surface area contributed by atoms with Gasteiger partial charge in [0.25, 0.3) is 0 Å². The molecule has 0 unspecified atom stereocenters. The van der Waals surface area contributed by atoms with Crippen molar-refractivity contribution in [2.75, 3.05) is 37.6 Å². The van der Waals surface area contributed by atoms with Crippen molar-refractivity contribution in [3.05, 3.63) is 30.1 Å². The van der Waals surface area contributed by atoms with Crippen LogP contribution in [-0.4, -0.2) is 49.4 Å². The average molecular weight is 347 g/mol. The van der Waals surface area contributed by atoms with Crippen molar-refractivity contribution < 1.29 is 14.0 Å². The molecule has 1 heterocycles. The summed E-state index contributed by atoms with van der Waals surface area (Å²) in [5.41, 5.74) is 0.136. The highest BCUT2D eigenvalue weighted by Gasteiger charge is 2.58. The first-order valence-corrected chi connectivity index (χ1v) is 9.00. The largest absolute Gasteiger partial charge is 0.368 e. The number of halogens is 1. The molecule has 1 aromatic rings. The summed E-state index contributed by atoms with van der Waals surface area (Å²) < 4.78 is 13.0. The first-order chi connectivity index (χ1) is 11.9. The number of carbonyl (C=O) groups excluding carboxylic acids is 2. The Hall–Kier alpha value is -2.11. The van der Waals surface area contributed by atoms with Crippen LogP contribution in [0.15, 0.2) is 24.3 Å². The first kappa shape index (κ1) is 17.7. The molecule has 2 amide bonds. The zero-order chi connectivity index (χ0) is 18.0. The normalized spacial score (nSPS) is 19.0. The number of amides is 2. The molecule has 1 aliphatic heterocycles. The lowest BCUT2D eigenvalue weighted by molar-refractivity contribution is -0.144. The highest BCUT2D eigenvalue weighted by molar-refractivity contribution is 6.07. The zero-order valence-corrected chi connectivity index (χ0v) is 14.9. The summed E-state index contributed by atoms with van der Waals surface area (Å²) in [6.07, 6.45) is 1.29. The van der Waals surface area contributed by atoms with E-state index in [2.05, 4.69) is 10.2 Å². The van der Waals surface area contributed by atoms with Crippen molar-refractivity contribution in [2.45, 2.75) is 26.7 Å². The van der Waals surface area contributed by atoms with E-state index in [1.807, 2.05) is 18.7 Å². The molecule has 0 bridgehead atoms. The predicted molar refractivity (Wildman–Crippen MR) is 94.7 cm³/mol. The lowest BCUT2D eigenvalue weighted by Gasteiger charge is -2.37. The molecular formula is C19H26FN3O2. The highest BCUT2D eigenvalue weighted by Crippen LogP contribution is 2.47. The van der Waals surface area contributed by atoms with E-state index in [4.69, 9.17) is 0 Å². The van der Waals surface area contributed by atoms with Gasteiger partial charge in [-0.3, -0.25) is 9.59 Å². The van der Waals surface area contributed by atoms with E-state index in [0.717, 1.165) is 5.69 Å². The van der Waals surface area contributed by atoms with Gasteiger partial charge in [0.05, 0.1) is 0 Å². The molecule has 2 fully saturated rings. The maximum Gasteiger partial charge on any atom is 0.238 e. The summed E-state index contributed by atoms with van der Waals surface area (Å²) in [5.74, 6) is -0.0329. The maximum atomic E-state index is 13.0. The van der Waals surface area contributed by atoms with Gasteiger partial charge >= 0.3 is 0 Å². The number of rotatable bonds is 5. The molecule has 0 spiro atoms. The second-order valence-corrected chi connectivity index (χ2v) is 7.44. The van der Waals surface area contributed by atoms with Crippen LogP contribution in [0.2, 0.25) is 0 Å². The molecular weight excluding hydrogens is 321 g/mol. The van der Waals surface area contributed by atoms with Crippen molar-refractivity contribution in [1.82, 2.24) is 10.2 Å². The molecule has 1 saturated carbocycles. The molecule has 25 heavy (non-hydrogen) atoms. The third-order valence-electron chi connectivity index (χ3n) is 5.02. The monoisotopic (exact) mass is 347 g/mol. The molecule has 5 nitrogen and oxygen atoms in total. The number of nitrogens with zero attached hydrogens (tertiary/aromatic N) is 2. The van der Waals surface area contributed by atoms with Crippen LogP contribution < -0.4 is 10.2 Å². The summed E-state index contributed by atoms with van der Waals surface area (Å²) in [4.78, 5) is 29.2. The van der Waals surface area contributed by atoms with Crippen LogP contribution in [0, 0.1) is 17.2 Å². The smallest absolute Gasteiger partial charge is 0.238 e. The van der Waals surface area contributed by atoms with Crippen LogP contribution in [0.5, 0.6) is 0 Å². The molecule has 1 saturated heterocycles. The Morgan fingerprint density at radius 2 is 1.72 bits per heavy atom. The van der Waals surface area contributed by atoms with Gasteiger partial charge in [-0.1, -0.05) is 13.8 Å². The molecule has 1 aromatic carbocycles. The number of hydrogen-bond donors (Lipinski definition) is 1. The number of benzene rings is 1. The SMILES string of the molecule is CC(C)CNC(=O)C1(C(=O)N2CCN(c3ccc(F)cc3)CC2)CC1. The van der Waals surface area contributed by atoms with Gasteiger partial charge in [0.15, 0.2) is 0 Å². The van der Waals surface area contributed by atoms with Crippen LogP contribution >= 0.6 is 0 Å². The topological polar surface area (TPSA) is 52.7 Å². The van der Waals surface area contributed by atoms with Crippen molar-refractivity contribution >= 4 is 17.5 Å². The number of hydrogen-bond acceptors (Lipinski definition) is 3. The van der Waals surface area contributed by atoms with Gasteiger partial charge in [0.2, 0.25) is 11.8 Å². The second-order valence-electron chi connectivity index (χ2n) is 7.44. The Labute approximate surface area is 148 Å². The van der Waals surface area contributed by atoms with E-state index in [-0.39, 0.29) is 17.6 Å². The third-order valence-corrected chi connectivity index (χ3v) is 5.02. The van der Waals surface area contributed by atoms with E-state index in [9.17, 15) is 14.0 Å². The lowest BCUT2D eigenvalue weighted by Crippen LogP contribution is -2.53. The molecule has 0 aromatic heterocycles. The molecule has 6 heteroatoms. The maximum absolute atomic E-state index is 13.0. The summed E-state index contributed by atoms with van der Waals surface area (Å²) in [5, 5.41) is 2.91. The standard InChI is InChI=1S/C19H26FN3O2/c1-14(2)13-21-17(24)19(7-8-19)18(25)23-11-9-22(10-12-23)16-5-3-15(20)4-6-16/h3-6,14H,7-13H2,1-2H3,(H,21,24). The fourth-order valence-corrected chi connectivity index (χ4v) is 3.25. The quantitative estimate of drug-likeness (QED) is 0.829. The molecule has 1 N–H and O–H groups in total. The van der Waals surface area contributed by atoms with Crippen molar-refractivity contribution in [1.29, 1.82) is 0 Å². The third kappa shape index (κ3) is 3.78. The highest BCUT2D eigenvalue weighted by atomic mass is 19.1. The van der Waals surface area contributed by atoms with E-state index in [1.165, 1.54) is 12.1 Å². The van der Waals surface area contributed by atoms with Crippen LogP contribution in [0.1, 0.15) is 26.7 Å². The summed E-state index contributed by atoms with van der Waals surface area (Å²) >= 11 is 0. The van der Waals surface area contributed by atoms with Crippen molar-refractivity contribution in [2.24, 2.45) is 11.3 Å². The number of nitrogens with one attached hydrogen (secondary N) is 1.